The fraction of sp³-hybridized carbons (Fsp3) is 1.00. The maximum atomic E-state index is 9.12. The Morgan fingerprint density at radius 3 is 2.92 bits per heavy atom. The molecular formula is C10H21NO. The van der Waals surface area contributed by atoms with Gasteiger partial charge in [0.25, 0.3) is 0 Å². The first-order valence-electron chi connectivity index (χ1n) is 5.23. The second-order valence-electron chi connectivity index (χ2n) is 3.72. The molecule has 72 valence electrons. The number of rotatable bonds is 4. The Labute approximate surface area is 75.6 Å². The molecule has 0 radical (unpaired) electrons. The van der Waals surface area contributed by atoms with Crippen molar-refractivity contribution in [3.63, 3.8) is 0 Å². The van der Waals surface area contributed by atoms with Crippen LogP contribution in [0.15, 0.2) is 0 Å². The summed E-state index contributed by atoms with van der Waals surface area (Å²) in [7, 11) is 0. The van der Waals surface area contributed by atoms with Crippen LogP contribution in [0.25, 0.3) is 0 Å². The zero-order valence-electron chi connectivity index (χ0n) is 8.13. The van der Waals surface area contributed by atoms with E-state index in [-0.39, 0.29) is 0 Å². The molecule has 0 amide bonds. The molecule has 0 aliphatic carbocycles. The zero-order chi connectivity index (χ0) is 8.81. The summed E-state index contributed by atoms with van der Waals surface area (Å²) in [6.45, 7) is 4.95. The smallest absolute Gasteiger partial charge is 0.0586 e. The van der Waals surface area contributed by atoms with Gasteiger partial charge in [0.15, 0.2) is 0 Å². The lowest BCUT2D eigenvalue weighted by Gasteiger charge is -2.34. The van der Waals surface area contributed by atoms with Crippen LogP contribution in [0.3, 0.4) is 0 Å². The van der Waals surface area contributed by atoms with Crippen LogP contribution in [0.1, 0.15) is 39.0 Å². The Balaban J connectivity index is 2.26. The first-order chi connectivity index (χ1) is 5.88. The van der Waals surface area contributed by atoms with Gasteiger partial charge in [0, 0.05) is 6.04 Å². The molecule has 1 fully saturated rings. The SMILES string of the molecule is CCCCN1CCCC[C@@H]1CO. The highest BCUT2D eigenvalue weighted by molar-refractivity contribution is 4.75. The van der Waals surface area contributed by atoms with Crippen LogP contribution >= 0.6 is 0 Å². The molecule has 2 nitrogen and oxygen atoms in total. The Morgan fingerprint density at radius 2 is 2.25 bits per heavy atom. The lowest BCUT2D eigenvalue weighted by Crippen LogP contribution is -2.42. The summed E-state index contributed by atoms with van der Waals surface area (Å²) in [5, 5.41) is 9.12. The third kappa shape index (κ3) is 2.76. The molecule has 1 atom stereocenters. The van der Waals surface area contributed by atoms with Gasteiger partial charge in [-0.15, -0.1) is 0 Å². The summed E-state index contributed by atoms with van der Waals surface area (Å²) in [5.41, 5.74) is 0. The monoisotopic (exact) mass is 171 g/mol. The summed E-state index contributed by atoms with van der Waals surface area (Å²) in [5.74, 6) is 0. The van der Waals surface area contributed by atoms with E-state index < -0.39 is 0 Å². The van der Waals surface area contributed by atoms with Gasteiger partial charge in [-0.1, -0.05) is 19.8 Å². The van der Waals surface area contributed by atoms with Crippen molar-refractivity contribution in [2.45, 2.75) is 45.1 Å². The van der Waals surface area contributed by atoms with Crippen LogP contribution < -0.4 is 0 Å². The van der Waals surface area contributed by atoms with E-state index in [0.29, 0.717) is 12.6 Å². The summed E-state index contributed by atoms with van der Waals surface area (Å²) < 4.78 is 0. The van der Waals surface area contributed by atoms with Crippen molar-refractivity contribution in [3.8, 4) is 0 Å². The molecule has 0 aromatic rings. The molecule has 1 aliphatic rings. The molecule has 1 N–H and O–H groups in total. The van der Waals surface area contributed by atoms with Gasteiger partial charge in [-0.2, -0.15) is 0 Å². The van der Waals surface area contributed by atoms with Crippen LogP contribution in [0.2, 0.25) is 0 Å². The number of nitrogens with zero attached hydrogens (tertiary/aromatic N) is 1. The molecule has 2 heteroatoms. The number of likely N-dealkylation sites (tertiary alicyclic amines) is 1. The average Bonchev–Trinajstić information content (AvgIpc) is 2.15. The van der Waals surface area contributed by atoms with E-state index in [1.807, 2.05) is 0 Å². The molecule has 0 aromatic heterocycles. The predicted octanol–water partition coefficient (Wildman–Crippen LogP) is 1.63. The lowest BCUT2D eigenvalue weighted by molar-refractivity contribution is 0.0891. The maximum absolute atomic E-state index is 9.12. The third-order valence-corrected chi connectivity index (χ3v) is 2.76. The minimum Gasteiger partial charge on any atom is -0.395 e. The average molecular weight is 171 g/mol. The van der Waals surface area contributed by atoms with Crippen molar-refractivity contribution >= 4 is 0 Å². The fourth-order valence-corrected chi connectivity index (χ4v) is 1.92. The third-order valence-electron chi connectivity index (χ3n) is 2.76. The Morgan fingerprint density at radius 1 is 1.42 bits per heavy atom. The maximum Gasteiger partial charge on any atom is 0.0586 e. The Bertz CT molecular complexity index is 116. The van der Waals surface area contributed by atoms with Crippen molar-refractivity contribution < 1.29 is 5.11 Å². The van der Waals surface area contributed by atoms with E-state index in [0.717, 1.165) is 0 Å². The highest BCUT2D eigenvalue weighted by Crippen LogP contribution is 2.16. The van der Waals surface area contributed by atoms with E-state index in [9.17, 15) is 0 Å². The van der Waals surface area contributed by atoms with Crippen LogP contribution in [0, 0.1) is 0 Å². The highest BCUT2D eigenvalue weighted by atomic mass is 16.3. The van der Waals surface area contributed by atoms with Crippen molar-refractivity contribution in [1.82, 2.24) is 4.90 Å². The van der Waals surface area contributed by atoms with Gasteiger partial charge in [0.05, 0.1) is 6.61 Å². The van der Waals surface area contributed by atoms with Crippen molar-refractivity contribution in [1.29, 1.82) is 0 Å². The summed E-state index contributed by atoms with van der Waals surface area (Å²) in [6.07, 6.45) is 6.35. The van der Waals surface area contributed by atoms with Gasteiger partial charge < -0.3 is 5.11 Å². The zero-order valence-corrected chi connectivity index (χ0v) is 8.13. The Hall–Kier alpha value is -0.0800. The molecule has 12 heavy (non-hydrogen) atoms. The standard InChI is InChI=1S/C10H21NO/c1-2-3-7-11-8-5-4-6-10(11)9-12/h10,12H,2-9H2,1H3/t10-/m1/s1. The number of piperidine rings is 1. The number of unbranched alkanes of at least 4 members (excludes halogenated alkanes) is 1. The normalized spacial score (nSPS) is 26.0. The summed E-state index contributed by atoms with van der Waals surface area (Å²) in [4.78, 5) is 2.45. The molecule has 0 bridgehead atoms. The van der Waals surface area contributed by atoms with Gasteiger partial charge in [-0.25, -0.2) is 0 Å². The van der Waals surface area contributed by atoms with Gasteiger partial charge >= 0.3 is 0 Å². The number of aliphatic hydroxyl groups excluding tert-OH is 1. The van der Waals surface area contributed by atoms with Crippen molar-refractivity contribution in [2.75, 3.05) is 19.7 Å². The largest absolute Gasteiger partial charge is 0.395 e. The van der Waals surface area contributed by atoms with Gasteiger partial charge in [0.1, 0.15) is 0 Å². The second-order valence-corrected chi connectivity index (χ2v) is 3.72. The summed E-state index contributed by atoms with van der Waals surface area (Å²) >= 11 is 0. The predicted molar refractivity (Wildman–Crippen MR) is 51.2 cm³/mol. The van der Waals surface area contributed by atoms with Gasteiger partial charge in [-0.3, -0.25) is 4.90 Å². The van der Waals surface area contributed by atoms with E-state index in [1.165, 1.54) is 45.2 Å². The molecule has 1 saturated heterocycles. The number of aliphatic hydroxyl groups is 1. The molecule has 1 aliphatic heterocycles. The first-order valence-corrected chi connectivity index (χ1v) is 5.23. The van der Waals surface area contributed by atoms with E-state index >= 15 is 0 Å². The van der Waals surface area contributed by atoms with Crippen LogP contribution in [0.4, 0.5) is 0 Å². The molecule has 1 heterocycles. The van der Waals surface area contributed by atoms with Crippen LogP contribution in [-0.4, -0.2) is 35.7 Å². The molecule has 0 unspecified atom stereocenters. The van der Waals surface area contributed by atoms with Crippen molar-refractivity contribution in [2.24, 2.45) is 0 Å². The molecule has 1 rings (SSSR count). The van der Waals surface area contributed by atoms with Crippen molar-refractivity contribution in [3.05, 3.63) is 0 Å². The lowest BCUT2D eigenvalue weighted by atomic mass is 10.0. The molecular weight excluding hydrogens is 150 g/mol. The Kier molecular flexibility index (Phi) is 4.62. The molecule has 0 saturated carbocycles. The first kappa shape index (κ1) is 10.0. The molecule has 0 aromatic carbocycles. The topological polar surface area (TPSA) is 23.5 Å². The fourth-order valence-electron chi connectivity index (χ4n) is 1.92. The number of hydrogen-bond acceptors (Lipinski definition) is 2. The minimum absolute atomic E-state index is 0.351. The highest BCUT2D eigenvalue weighted by Gasteiger charge is 2.20. The second kappa shape index (κ2) is 5.55. The van der Waals surface area contributed by atoms with E-state index in [4.69, 9.17) is 5.11 Å². The minimum atomic E-state index is 0.351. The van der Waals surface area contributed by atoms with Crippen LogP contribution in [-0.2, 0) is 0 Å². The quantitative estimate of drug-likeness (QED) is 0.695. The van der Waals surface area contributed by atoms with Gasteiger partial charge in [-0.05, 0) is 32.4 Å². The van der Waals surface area contributed by atoms with E-state index in [1.54, 1.807) is 0 Å². The number of hydrogen-bond donors (Lipinski definition) is 1. The molecule has 0 spiro atoms. The van der Waals surface area contributed by atoms with E-state index in [2.05, 4.69) is 11.8 Å². The van der Waals surface area contributed by atoms with Gasteiger partial charge in [0.2, 0.25) is 0 Å². The summed E-state index contributed by atoms with van der Waals surface area (Å²) in [6, 6.07) is 0.463. The van der Waals surface area contributed by atoms with Crippen LogP contribution in [0.5, 0.6) is 0 Å².